The molecule has 3 rings (SSSR count). The summed E-state index contributed by atoms with van der Waals surface area (Å²) in [6.07, 6.45) is 1.56. The lowest BCUT2D eigenvalue weighted by Gasteiger charge is -2.19. The Labute approximate surface area is 176 Å². The Balaban J connectivity index is 1.86. The van der Waals surface area contributed by atoms with Crippen LogP contribution < -0.4 is 0 Å². The molecule has 0 saturated carbocycles. The first kappa shape index (κ1) is 22.2. The lowest BCUT2D eigenvalue weighted by Crippen LogP contribution is -2.29. The molecular formula is C23H26O6S. The second-order valence-corrected chi connectivity index (χ2v) is 9.56. The van der Waals surface area contributed by atoms with Crippen molar-refractivity contribution in [2.24, 2.45) is 0 Å². The topological polar surface area (TPSA) is 115 Å². The first-order valence-electron chi connectivity index (χ1n) is 9.74. The van der Waals surface area contributed by atoms with Crippen LogP contribution in [0.5, 0.6) is 5.75 Å². The molecule has 0 fully saturated rings. The minimum absolute atomic E-state index is 0.171. The highest BCUT2D eigenvalue weighted by molar-refractivity contribution is 7.92. The van der Waals surface area contributed by atoms with Crippen LogP contribution in [0.2, 0.25) is 0 Å². The van der Waals surface area contributed by atoms with Crippen molar-refractivity contribution >= 4 is 21.5 Å². The number of aromatic hydroxyl groups is 1. The van der Waals surface area contributed by atoms with Crippen LogP contribution in [-0.2, 0) is 9.84 Å². The van der Waals surface area contributed by atoms with Crippen molar-refractivity contribution in [2.75, 3.05) is 19.0 Å². The summed E-state index contributed by atoms with van der Waals surface area (Å²) < 4.78 is 24.5. The first-order valence-corrected chi connectivity index (χ1v) is 11.5. The number of sulfone groups is 1. The number of hydrogen-bond donors (Lipinski definition) is 4. The lowest BCUT2D eigenvalue weighted by molar-refractivity contribution is 0.188. The maximum absolute atomic E-state index is 12.2. The average molecular weight is 431 g/mol. The highest BCUT2D eigenvalue weighted by Crippen LogP contribution is 2.33. The Bertz CT molecular complexity index is 1020. The van der Waals surface area contributed by atoms with E-state index in [0.717, 1.165) is 16.7 Å². The van der Waals surface area contributed by atoms with Crippen molar-refractivity contribution in [1.82, 2.24) is 0 Å². The molecule has 0 unspecified atom stereocenters. The molecule has 160 valence electrons. The van der Waals surface area contributed by atoms with Crippen LogP contribution >= 0.6 is 0 Å². The fourth-order valence-corrected chi connectivity index (χ4v) is 5.70. The SMILES string of the molecule is O=S1(=O)CC(CO)=C([C@H](O)CC/C(=C/c2ccc(O)cc2)c2ccccc2)[C@@H]1CO. The normalized spacial score (nSPS) is 19.8. The molecule has 7 heteroatoms. The van der Waals surface area contributed by atoms with Gasteiger partial charge in [0.2, 0.25) is 0 Å². The number of aliphatic hydroxyl groups excluding tert-OH is 3. The number of allylic oxidation sites excluding steroid dienone is 1. The molecular weight excluding hydrogens is 404 g/mol. The van der Waals surface area contributed by atoms with E-state index in [1.807, 2.05) is 36.4 Å². The number of rotatable bonds is 8. The summed E-state index contributed by atoms with van der Waals surface area (Å²) in [5.74, 6) is -0.166. The predicted molar refractivity (Wildman–Crippen MR) is 116 cm³/mol. The van der Waals surface area contributed by atoms with Gasteiger partial charge in [-0.25, -0.2) is 8.42 Å². The molecule has 1 aliphatic heterocycles. The van der Waals surface area contributed by atoms with Crippen molar-refractivity contribution in [1.29, 1.82) is 0 Å². The maximum atomic E-state index is 12.2. The van der Waals surface area contributed by atoms with Crippen molar-refractivity contribution in [3.63, 3.8) is 0 Å². The summed E-state index contributed by atoms with van der Waals surface area (Å²) in [5.41, 5.74) is 3.27. The summed E-state index contributed by atoms with van der Waals surface area (Å²) in [6, 6.07) is 16.4. The van der Waals surface area contributed by atoms with Gasteiger partial charge in [0, 0.05) is 0 Å². The van der Waals surface area contributed by atoms with E-state index in [-0.39, 0.29) is 29.1 Å². The van der Waals surface area contributed by atoms with Gasteiger partial charge in [0.05, 0.1) is 25.1 Å². The summed E-state index contributed by atoms with van der Waals surface area (Å²) >= 11 is 0. The van der Waals surface area contributed by atoms with E-state index in [1.165, 1.54) is 0 Å². The van der Waals surface area contributed by atoms with E-state index in [1.54, 1.807) is 24.3 Å². The van der Waals surface area contributed by atoms with Crippen molar-refractivity contribution in [2.45, 2.75) is 24.2 Å². The van der Waals surface area contributed by atoms with Gasteiger partial charge in [-0.15, -0.1) is 0 Å². The third kappa shape index (κ3) is 4.99. The highest BCUT2D eigenvalue weighted by atomic mass is 32.2. The molecule has 2 aromatic rings. The fraction of sp³-hybridized carbons (Fsp3) is 0.304. The van der Waals surface area contributed by atoms with Crippen LogP contribution in [0.15, 0.2) is 65.7 Å². The number of phenols is 1. The molecule has 0 spiro atoms. The van der Waals surface area contributed by atoms with Gasteiger partial charge >= 0.3 is 0 Å². The third-order valence-electron chi connectivity index (χ3n) is 5.35. The van der Waals surface area contributed by atoms with E-state index in [0.29, 0.717) is 6.42 Å². The molecule has 2 aromatic carbocycles. The van der Waals surface area contributed by atoms with Crippen LogP contribution in [0.1, 0.15) is 24.0 Å². The van der Waals surface area contributed by atoms with Crippen LogP contribution in [0.3, 0.4) is 0 Å². The van der Waals surface area contributed by atoms with Gasteiger partial charge in [-0.05, 0) is 52.8 Å². The molecule has 0 saturated heterocycles. The monoisotopic (exact) mass is 430 g/mol. The van der Waals surface area contributed by atoms with E-state index >= 15 is 0 Å². The summed E-state index contributed by atoms with van der Waals surface area (Å²) in [4.78, 5) is 0. The van der Waals surface area contributed by atoms with E-state index in [4.69, 9.17) is 0 Å². The molecule has 0 aromatic heterocycles. The van der Waals surface area contributed by atoms with E-state index < -0.39 is 34.4 Å². The van der Waals surface area contributed by atoms with E-state index in [9.17, 15) is 28.8 Å². The molecule has 0 bridgehead atoms. The smallest absolute Gasteiger partial charge is 0.163 e. The predicted octanol–water partition coefficient (Wildman–Crippen LogP) is 2.15. The van der Waals surface area contributed by atoms with Gasteiger partial charge in [-0.1, -0.05) is 48.5 Å². The van der Waals surface area contributed by atoms with Crippen LogP contribution in [0, 0.1) is 0 Å². The third-order valence-corrected chi connectivity index (χ3v) is 7.37. The van der Waals surface area contributed by atoms with Gasteiger partial charge < -0.3 is 20.4 Å². The van der Waals surface area contributed by atoms with Crippen LogP contribution in [0.25, 0.3) is 11.6 Å². The van der Waals surface area contributed by atoms with Gasteiger partial charge in [-0.2, -0.15) is 0 Å². The Morgan fingerprint density at radius 1 is 1.07 bits per heavy atom. The zero-order valence-corrected chi connectivity index (χ0v) is 17.3. The second kappa shape index (κ2) is 9.57. The van der Waals surface area contributed by atoms with Crippen molar-refractivity contribution in [3.05, 3.63) is 76.9 Å². The fourth-order valence-electron chi connectivity index (χ4n) is 3.82. The number of phenolic OH excluding ortho intramolecular Hbond substituents is 1. The number of benzene rings is 2. The van der Waals surface area contributed by atoms with Crippen molar-refractivity contribution < 1.29 is 28.8 Å². The van der Waals surface area contributed by atoms with E-state index in [2.05, 4.69) is 0 Å². The molecule has 6 nitrogen and oxygen atoms in total. The van der Waals surface area contributed by atoms with Crippen LogP contribution in [0.4, 0.5) is 0 Å². The summed E-state index contributed by atoms with van der Waals surface area (Å²) in [6.45, 7) is -1.08. The zero-order valence-electron chi connectivity index (χ0n) is 16.5. The van der Waals surface area contributed by atoms with Crippen molar-refractivity contribution in [3.8, 4) is 5.75 Å². The maximum Gasteiger partial charge on any atom is 0.163 e. The first-order chi connectivity index (χ1) is 14.4. The quantitative estimate of drug-likeness (QED) is 0.377. The van der Waals surface area contributed by atoms with Gasteiger partial charge in [-0.3, -0.25) is 0 Å². The molecule has 1 heterocycles. The molecule has 4 N–H and O–H groups in total. The molecule has 1 aliphatic rings. The van der Waals surface area contributed by atoms with Gasteiger partial charge in [0.15, 0.2) is 9.84 Å². The average Bonchev–Trinajstić information content (AvgIpc) is 3.02. The minimum Gasteiger partial charge on any atom is -0.508 e. The highest BCUT2D eigenvalue weighted by Gasteiger charge is 2.40. The Morgan fingerprint density at radius 3 is 2.33 bits per heavy atom. The van der Waals surface area contributed by atoms with Gasteiger partial charge in [0.1, 0.15) is 11.0 Å². The number of hydrogen-bond acceptors (Lipinski definition) is 6. The Morgan fingerprint density at radius 2 is 1.73 bits per heavy atom. The minimum atomic E-state index is -3.62. The molecule has 30 heavy (non-hydrogen) atoms. The largest absolute Gasteiger partial charge is 0.508 e. The molecule has 0 aliphatic carbocycles. The van der Waals surface area contributed by atoms with Gasteiger partial charge in [0.25, 0.3) is 0 Å². The Kier molecular flexibility index (Phi) is 7.10. The molecule has 0 amide bonds. The number of aliphatic hydroxyl groups is 3. The lowest BCUT2D eigenvalue weighted by atomic mass is 9.92. The summed E-state index contributed by atoms with van der Waals surface area (Å²) in [5, 5.41) is 38.2. The molecule has 0 radical (unpaired) electrons. The zero-order chi connectivity index (χ0) is 21.7. The standard InChI is InChI=1S/C23H26O6S/c24-13-19-15-30(28,29)22(14-25)23(19)21(27)11-8-18(17-4-2-1-3-5-17)12-16-6-9-20(26)10-7-16/h1-7,9-10,12,21-22,24-27H,8,11,13-15H2/b18-12-/t21-,22+/m1/s1. The molecule has 2 atom stereocenters. The Hall–Kier alpha value is -2.45. The van der Waals surface area contributed by atoms with Crippen LogP contribution in [-0.4, -0.2) is 59.2 Å². The second-order valence-electron chi connectivity index (χ2n) is 7.38. The summed E-state index contributed by atoms with van der Waals surface area (Å²) in [7, 11) is -3.62.